The molecule has 3 saturated heterocycles. The number of carbonyl (C=O) groups is 4. The number of amides is 3. The molecule has 4 atom stereocenters. The lowest BCUT2D eigenvalue weighted by atomic mass is 9.95. The van der Waals surface area contributed by atoms with Crippen LogP contribution in [0.15, 0.2) is 41.5 Å². The van der Waals surface area contributed by atoms with Crippen molar-refractivity contribution in [3.05, 3.63) is 58.0 Å². The minimum Gasteiger partial charge on any atom is -1.00 e. The van der Waals surface area contributed by atoms with E-state index in [1.165, 1.54) is 53.3 Å². The number of hydrogen-bond acceptors (Lipinski definition) is 10. The molecule has 0 spiro atoms. The highest BCUT2D eigenvalue weighted by atomic mass is 127. The number of benzene rings is 1. The molecule has 5 N–H and O–H groups in total. The van der Waals surface area contributed by atoms with Crippen molar-refractivity contribution in [1.29, 1.82) is 0 Å². The summed E-state index contributed by atoms with van der Waals surface area (Å²) in [7, 11) is 4.31. The maximum atomic E-state index is 13.6. The summed E-state index contributed by atoms with van der Waals surface area (Å²) in [5.74, 6) is -2.88. The molecule has 47 heavy (non-hydrogen) atoms. The van der Waals surface area contributed by atoms with Gasteiger partial charge in [-0.05, 0) is 31.5 Å². The van der Waals surface area contributed by atoms with Crippen LogP contribution < -0.4 is 44.9 Å². The first-order chi connectivity index (χ1) is 21.7. The summed E-state index contributed by atoms with van der Waals surface area (Å²) in [6.45, 7) is 6.79. The minimum absolute atomic E-state index is 0. The van der Waals surface area contributed by atoms with Gasteiger partial charge in [0, 0.05) is 17.1 Å². The lowest BCUT2D eigenvalue weighted by molar-refractivity contribution is -0.890. The van der Waals surface area contributed by atoms with E-state index in [-0.39, 0.29) is 51.9 Å². The number of carboxylic acid groups (broad SMARTS) is 1. The summed E-state index contributed by atoms with van der Waals surface area (Å²) in [6, 6.07) is 2.11. The van der Waals surface area contributed by atoms with Crippen molar-refractivity contribution in [2.45, 2.75) is 42.1 Å². The first-order valence-corrected chi connectivity index (χ1v) is 15.6. The molecule has 17 heteroatoms. The number of nitrogens with zero attached hydrogens (tertiary/aromatic N) is 5. The number of anilines is 1. The molecule has 6 rings (SSSR count). The number of fused-ring (bicyclic) bond motifs is 2. The average Bonchev–Trinajstić information content (AvgIpc) is 3.26. The number of phenolic OH excluding ortho intramolecular Hbond substituents is 1. The number of phenols is 1. The first kappa shape index (κ1) is 34.4. The van der Waals surface area contributed by atoms with E-state index in [0.717, 1.165) is 30.7 Å². The van der Waals surface area contributed by atoms with Crippen LogP contribution in [0.25, 0.3) is 11.0 Å². The maximum Gasteiger partial charge on any atom is 0.327 e. The Kier molecular flexibility index (Phi) is 9.19. The zero-order valence-electron chi connectivity index (χ0n) is 26.1. The molecule has 0 aliphatic carbocycles. The largest absolute Gasteiger partial charge is 1.00 e. The predicted octanol–water partition coefficient (Wildman–Crippen LogP) is -2.97. The number of nitrogens with one attached hydrogen (secondary N) is 3. The number of pyridine rings is 1. The van der Waals surface area contributed by atoms with Gasteiger partial charge in [-0.25, -0.2) is 9.78 Å². The number of β-lactam (4-membered cyclic amide) rings is 1. The van der Waals surface area contributed by atoms with Gasteiger partial charge in [0.25, 0.3) is 5.91 Å². The number of piperazine rings is 1. The molecule has 250 valence electrons. The molecule has 0 radical (unpaired) electrons. The van der Waals surface area contributed by atoms with Crippen LogP contribution in [0.1, 0.15) is 35.8 Å². The van der Waals surface area contributed by atoms with Gasteiger partial charge in [-0.3, -0.25) is 19.2 Å². The lowest BCUT2D eigenvalue weighted by Gasteiger charge is -2.44. The Morgan fingerprint density at radius 1 is 1.13 bits per heavy atom. The lowest BCUT2D eigenvalue weighted by Crippen LogP contribution is -3.00. The van der Waals surface area contributed by atoms with Crippen molar-refractivity contribution in [2.75, 3.05) is 45.2 Å². The van der Waals surface area contributed by atoms with Crippen molar-refractivity contribution in [1.82, 2.24) is 30.5 Å². The Morgan fingerprint density at radius 3 is 2.43 bits per heavy atom. The van der Waals surface area contributed by atoms with Crippen LogP contribution in [0, 0.1) is 0 Å². The van der Waals surface area contributed by atoms with E-state index in [0.29, 0.717) is 5.95 Å². The van der Waals surface area contributed by atoms with E-state index in [4.69, 9.17) is 0 Å². The molecule has 3 amide bonds. The fraction of sp³-hybridized carbons (Fsp3) is 0.433. The molecule has 3 fully saturated rings. The second kappa shape index (κ2) is 12.6. The zero-order valence-corrected chi connectivity index (χ0v) is 29.0. The number of aromatic hydroxyl groups is 1. The second-order valence-corrected chi connectivity index (χ2v) is 14.7. The molecule has 0 bridgehead atoms. The number of halogens is 1. The van der Waals surface area contributed by atoms with E-state index in [9.17, 15) is 34.2 Å². The Labute approximate surface area is 290 Å². The summed E-state index contributed by atoms with van der Waals surface area (Å²) in [6.07, 6.45) is 2.61. The SMILES string of the molecule is CC1(C)S[C@@H]2[C@H](NC(=O)[C@H](NC(=O)c3c[nH]c4nc(N5CC[N+](C)(C)CC5)ncc4c3=O)c3ccc(O)cc3)C(=O)N2[C@H]1C(=O)O.[I-]. The Balaban J connectivity index is 0.00000433. The van der Waals surface area contributed by atoms with Crippen LogP contribution in [0.3, 0.4) is 0 Å². The van der Waals surface area contributed by atoms with Gasteiger partial charge in [-0.15, -0.1) is 11.8 Å². The zero-order chi connectivity index (χ0) is 33.1. The van der Waals surface area contributed by atoms with E-state index < -0.39 is 57.4 Å². The monoisotopic (exact) mass is 778 g/mol. The number of thioether (sulfide) groups is 1. The predicted molar refractivity (Wildman–Crippen MR) is 168 cm³/mol. The summed E-state index contributed by atoms with van der Waals surface area (Å²) in [5.41, 5.74) is -0.360. The summed E-state index contributed by atoms with van der Waals surface area (Å²) < 4.78 is 0.0999. The fourth-order valence-corrected chi connectivity index (χ4v) is 7.71. The van der Waals surface area contributed by atoms with Gasteiger partial charge in [0.15, 0.2) is 0 Å². The average molecular weight is 779 g/mol. The van der Waals surface area contributed by atoms with Crippen molar-refractivity contribution in [3.63, 3.8) is 0 Å². The van der Waals surface area contributed by atoms with E-state index in [1.54, 1.807) is 13.8 Å². The number of carboxylic acids is 1. The van der Waals surface area contributed by atoms with Gasteiger partial charge in [0.2, 0.25) is 23.2 Å². The molecule has 15 nitrogen and oxygen atoms in total. The third-order valence-electron chi connectivity index (χ3n) is 8.83. The van der Waals surface area contributed by atoms with Gasteiger partial charge in [0.1, 0.15) is 40.5 Å². The van der Waals surface area contributed by atoms with Crippen LogP contribution in [0.2, 0.25) is 0 Å². The van der Waals surface area contributed by atoms with Crippen LogP contribution in [-0.2, 0) is 14.4 Å². The number of aromatic amines is 1. The first-order valence-electron chi connectivity index (χ1n) is 14.8. The third-order valence-corrected chi connectivity index (χ3v) is 10.4. The highest BCUT2D eigenvalue weighted by molar-refractivity contribution is 8.01. The summed E-state index contributed by atoms with van der Waals surface area (Å²) in [4.78, 5) is 80.5. The van der Waals surface area contributed by atoms with Crippen LogP contribution in [-0.4, -0.2) is 121 Å². The summed E-state index contributed by atoms with van der Waals surface area (Å²) in [5, 5.41) is 24.2. The van der Waals surface area contributed by atoms with Crippen molar-refractivity contribution < 1.29 is 57.9 Å². The molecular weight excluding hydrogens is 743 g/mol. The number of hydrogen-bond donors (Lipinski definition) is 5. The number of quaternary nitrogens is 1. The number of aliphatic carboxylic acids is 1. The molecule has 1 aromatic carbocycles. The molecule has 3 aliphatic rings. The highest BCUT2D eigenvalue weighted by Gasteiger charge is 2.64. The standard InChI is InChI=1S/C30H34N8O7S.HI/c1-30(2)22(28(44)45)37-26(43)20(27(37)46-30)34-25(42)19(15-5-7-16(39)8-6-15)33-24(41)18-14-31-23-17(21(18)40)13-32-29(35-23)36-9-11-38(3,4)12-10-36;/h5-8,13-14,19-20,22,27H,9-12H2,1-4H3,(H4-,31,32,33,34,35,39,40,41,42,44,45);1H/t19-,20-,22+,27-;/m1./s1. The number of rotatable bonds is 7. The molecule has 3 aliphatic heterocycles. The summed E-state index contributed by atoms with van der Waals surface area (Å²) >= 11 is 1.27. The maximum absolute atomic E-state index is 13.6. The molecular formula is C30H35IN8O7S. The molecule has 2 aromatic heterocycles. The number of H-pyrrole nitrogens is 1. The van der Waals surface area contributed by atoms with Gasteiger partial charge in [-0.1, -0.05) is 12.1 Å². The molecule has 0 saturated carbocycles. The molecule has 5 heterocycles. The van der Waals surface area contributed by atoms with E-state index >= 15 is 0 Å². The van der Waals surface area contributed by atoms with Crippen LogP contribution >= 0.6 is 11.8 Å². The Hall–Kier alpha value is -3.97. The third kappa shape index (κ3) is 6.34. The highest BCUT2D eigenvalue weighted by Crippen LogP contribution is 2.50. The van der Waals surface area contributed by atoms with Crippen LogP contribution in [0.4, 0.5) is 5.95 Å². The van der Waals surface area contributed by atoms with Crippen LogP contribution in [0.5, 0.6) is 5.75 Å². The Bertz CT molecular complexity index is 1810. The quantitative estimate of drug-likeness (QED) is 0.0934. The van der Waals surface area contributed by atoms with Gasteiger partial charge in [0.05, 0.1) is 45.7 Å². The van der Waals surface area contributed by atoms with Gasteiger partial charge < -0.3 is 64.1 Å². The topological polar surface area (TPSA) is 198 Å². The Morgan fingerprint density at radius 2 is 1.79 bits per heavy atom. The number of aromatic nitrogens is 3. The second-order valence-electron chi connectivity index (χ2n) is 12.9. The smallest absolute Gasteiger partial charge is 0.327 e. The van der Waals surface area contributed by atoms with Crippen molar-refractivity contribution in [3.8, 4) is 5.75 Å². The van der Waals surface area contributed by atoms with Gasteiger partial charge >= 0.3 is 5.97 Å². The molecule has 0 unspecified atom stereocenters. The molecule has 3 aromatic rings. The number of likely N-dealkylation sites (N-methyl/N-ethyl adjacent to an activating group) is 1. The van der Waals surface area contributed by atoms with Crippen molar-refractivity contribution >= 4 is 52.4 Å². The van der Waals surface area contributed by atoms with Gasteiger partial charge in [-0.2, -0.15) is 4.98 Å². The minimum atomic E-state index is -1.36. The fourth-order valence-electron chi connectivity index (χ4n) is 6.09. The normalized spacial score (nSPS) is 23.2. The van der Waals surface area contributed by atoms with E-state index in [2.05, 4.69) is 39.7 Å². The van der Waals surface area contributed by atoms with E-state index in [1.807, 2.05) is 4.90 Å². The number of carbonyl (C=O) groups excluding carboxylic acids is 3. The van der Waals surface area contributed by atoms with Crippen molar-refractivity contribution in [2.24, 2.45) is 0 Å².